The van der Waals surface area contributed by atoms with E-state index < -0.39 is 30.6 Å². The van der Waals surface area contributed by atoms with Crippen LogP contribution in [0.25, 0.3) is 0 Å². The second-order valence-corrected chi connectivity index (χ2v) is 4.06. The number of aliphatic hydroxyl groups is 4. The van der Waals surface area contributed by atoms with Crippen LogP contribution in [0.5, 0.6) is 0 Å². The summed E-state index contributed by atoms with van der Waals surface area (Å²) in [5.41, 5.74) is 0. The minimum absolute atomic E-state index is 0.379. The second kappa shape index (κ2) is 6.48. The van der Waals surface area contributed by atoms with Gasteiger partial charge in [-0.2, -0.15) is 0 Å². The van der Waals surface area contributed by atoms with Gasteiger partial charge in [-0.1, -0.05) is 13.3 Å². The van der Waals surface area contributed by atoms with E-state index in [2.05, 4.69) is 5.32 Å². The molecule has 0 aromatic rings. The third kappa shape index (κ3) is 3.13. The van der Waals surface area contributed by atoms with E-state index in [4.69, 9.17) is 9.84 Å². The largest absolute Gasteiger partial charge is 0.394 e. The molecule has 6 heteroatoms. The van der Waals surface area contributed by atoms with E-state index in [9.17, 15) is 15.3 Å². The topological polar surface area (TPSA) is 102 Å². The van der Waals surface area contributed by atoms with Gasteiger partial charge in [0, 0.05) is 0 Å². The summed E-state index contributed by atoms with van der Waals surface area (Å²) in [4.78, 5) is 0. The van der Waals surface area contributed by atoms with Gasteiger partial charge in [0.05, 0.1) is 6.61 Å². The fourth-order valence-corrected chi connectivity index (χ4v) is 1.73. The normalized spacial score (nSPS) is 36.6. The maximum absolute atomic E-state index is 9.69. The highest BCUT2D eigenvalue weighted by molar-refractivity contribution is 4.92. The Kier molecular flexibility index (Phi) is 5.60. The molecule has 0 aliphatic carbocycles. The summed E-state index contributed by atoms with van der Waals surface area (Å²) in [6.45, 7) is 2.26. The smallest absolute Gasteiger partial charge is 0.134 e. The summed E-state index contributed by atoms with van der Waals surface area (Å²) in [6, 6.07) is 0. The third-order valence-corrected chi connectivity index (χ3v) is 2.77. The number of aliphatic hydroxyl groups excluding tert-OH is 4. The van der Waals surface area contributed by atoms with E-state index in [0.29, 0.717) is 6.54 Å². The van der Waals surface area contributed by atoms with Crippen molar-refractivity contribution in [2.24, 2.45) is 0 Å². The van der Waals surface area contributed by atoms with Crippen LogP contribution in [0, 0.1) is 0 Å². The molecule has 6 nitrogen and oxygen atoms in total. The van der Waals surface area contributed by atoms with Gasteiger partial charge < -0.3 is 25.2 Å². The Morgan fingerprint density at radius 2 is 2.00 bits per heavy atom. The van der Waals surface area contributed by atoms with Gasteiger partial charge in [0.1, 0.15) is 30.6 Å². The highest BCUT2D eigenvalue weighted by Gasteiger charge is 2.45. The maximum atomic E-state index is 9.69. The zero-order valence-corrected chi connectivity index (χ0v) is 9.41. The lowest BCUT2D eigenvalue weighted by Gasteiger charge is -2.22. The van der Waals surface area contributed by atoms with Crippen molar-refractivity contribution in [2.75, 3.05) is 13.2 Å². The van der Waals surface area contributed by atoms with E-state index in [1.54, 1.807) is 0 Å². The average Bonchev–Trinajstić information content (AvgIpc) is 2.56. The molecule has 96 valence electrons. The molecule has 0 bridgehead atoms. The molecule has 1 fully saturated rings. The molecule has 1 unspecified atom stereocenters. The Morgan fingerprint density at radius 3 is 2.50 bits per heavy atom. The van der Waals surface area contributed by atoms with Gasteiger partial charge in [-0.15, -0.1) is 0 Å². The summed E-state index contributed by atoms with van der Waals surface area (Å²) in [5, 5.41) is 40.4. The summed E-state index contributed by atoms with van der Waals surface area (Å²) < 4.78 is 5.17. The number of ether oxygens (including phenoxy) is 1. The summed E-state index contributed by atoms with van der Waals surface area (Å²) in [7, 11) is 0. The van der Waals surface area contributed by atoms with Gasteiger partial charge in [0.15, 0.2) is 0 Å². The quantitative estimate of drug-likeness (QED) is 0.274. The van der Waals surface area contributed by atoms with Gasteiger partial charge in [0.25, 0.3) is 0 Å². The molecular weight excluding hydrogens is 214 g/mol. The van der Waals surface area contributed by atoms with Gasteiger partial charge >= 0.3 is 0 Å². The molecular formula is C10H21NO5. The predicted molar refractivity (Wildman–Crippen MR) is 56.7 cm³/mol. The van der Waals surface area contributed by atoms with Gasteiger partial charge in [-0.05, 0) is 13.0 Å². The van der Waals surface area contributed by atoms with Crippen molar-refractivity contribution in [3.63, 3.8) is 0 Å². The van der Waals surface area contributed by atoms with Crippen molar-refractivity contribution in [1.29, 1.82) is 0 Å². The first-order valence-electron chi connectivity index (χ1n) is 5.65. The van der Waals surface area contributed by atoms with Crippen molar-refractivity contribution in [3.05, 3.63) is 0 Å². The van der Waals surface area contributed by atoms with Crippen molar-refractivity contribution in [3.8, 4) is 0 Å². The Balaban J connectivity index is 2.41. The molecule has 1 aliphatic rings. The summed E-state index contributed by atoms with van der Waals surface area (Å²) >= 11 is 0. The molecule has 0 radical (unpaired) electrons. The molecule has 1 saturated heterocycles. The first-order valence-corrected chi connectivity index (χ1v) is 5.65. The first-order chi connectivity index (χ1) is 7.61. The molecule has 1 heterocycles. The Bertz CT molecular complexity index is 204. The molecule has 0 amide bonds. The maximum Gasteiger partial charge on any atom is 0.134 e. The third-order valence-electron chi connectivity index (χ3n) is 2.77. The van der Waals surface area contributed by atoms with Crippen LogP contribution in [0.15, 0.2) is 0 Å². The number of rotatable bonds is 6. The van der Waals surface area contributed by atoms with Crippen LogP contribution in [0.4, 0.5) is 0 Å². The zero-order chi connectivity index (χ0) is 12.1. The van der Waals surface area contributed by atoms with Crippen molar-refractivity contribution < 1.29 is 25.2 Å². The lowest BCUT2D eigenvalue weighted by molar-refractivity contribution is -0.0849. The van der Waals surface area contributed by atoms with E-state index in [1.807, 2.05) is 6.92 Å². The standard InChI is InChI=1S/C10H21NO5/c1-2-3-4-11-10(15)9-8(14)7(13)6(5-12)16-9/h6-15H,2-5H2,1H3/t6-,7-,8+,9-,10?/m1/s1. The van der Waals surface area contributed by atoms with Crippen LogP contribution < -0.4 is 5.32 Å². The molecule has 0 aromatic heterocycles. The Morgan fingerprint density at radius 1 is 1.31 bits per heavy atom. The molecule has 0 spiro atoms. The van der Waals surface area contributed by atoms with Crippen LogP contribution in [0.3, 0.4) is 0 Å². The number of unbranched alkanes of at least 4 members (excludes halogenated alkanes) is 1. The van der Waals surface area contributed by atoms with Crippen molar-refractivity contribution in [2.45, 2.75) is 50.4 Å². The predicted octanol–water partition coefficient (Wildman–Crippen LogP) is -1.82. The fraction of sp³-hybridized carbons (Fsp3) is 1.00. The summed E-state index contributed by atoms with van der Waals surface area (Å²) in [6.07, 6.45) is -3.19. The van der Waals surface area contributed by atoms with Crippen LogP contribution in [0.2, 0.25) is 0 Å². The first kappa shape index (κ1) is 13.8. The fourth-order valence-electron chi connectivity index (χ4n) is 1.73. The number of nitrogens with one attached hydrogen (secondary N) is 1. The molecule has 5 atom stereocenters. The van der Waals surface area contributed by atoms with E-state index in [0.717, 1.165) is 12.8 Å². The second-order valence-electron chi connectivity index (χ2n) is 4.06. The van der Waals surface area contributed by atoms with E-state index in [-0.39, 0.29) is 6.61 Å². The molecule has 0 aromatic carbocycles. The minimum atomic E-state index is -1.18. The van der Waals surface area contributed by atoms with Crippen molar-refractivity contribution >= 4 is 0 Å². The average molecular weight is 235 g/mol. The monoisotopic (exact) mass is 235 g/mol. The van der Waals surface area contributed by atoms with E-state index >= 15 is 0 Å². The SMILES string of the molecule is CCCCNC(O)[C@@H]1O[C@H](CO)[C@@H](O)[C@@H]1O. The van der Waals surface area contributed by atoms with Crippen LogP contribution in [0.1, 0.15) is 19.8 Å². The number of hydrogen-bond acceptors (Lipinski definition) is 6. The Hall–Kier alpha value is -0.240. The minimum Gasteiger partial charge on any atom is -0.394 e. The van der Waals surface area contributed by atoms with Gasteiger partial charge in [0.2, 0.25) is 0 Å². The molecule has 1 aliphatic heterocycles. The Labute approximate surface area is 94.9 Å². The van der Waals surface area contributed by atoms with Gasteiger partial charge in [-0.3, -0.25) is 5.32 Å². The summed E-state index contributed by atoms with van der Waals surface area (Å²) in [5.74, 6) is 0. The van der Waals surface area contributed by atoms with Crippen molar-refractivity contribution in [1.82, 2.24) is 5.32 Å². The highest BCUT2D eigenvalue weighted by atomic mass is 16.6. The van der Waals surface area contributed by atoms with Crippen LogP contribution >= 0.6 is 0 Å². The van der Waals surface area contributed by atoms with Gasteiger partial charge in [-0.25, -0.2) is 0 Å². The van der Waals surface area contributed by atoms with E-state index in [1.165, 1.54) is 0 Å². The lowest BCUT2D eigenvalue weighted by atomic mass is 10.1. The lowest BCUT2D eigenvalue weighted by Crippen LogP contribution is -2.46. The molecule has 1 rings (SSSR count). The number of hydrogen-bond donors (Lipinski definition) is 5. The molecule has 16 heavy (non-hydrogen) atoms. The highest BCUT2D eigenvalue weighted by Crippen LogP contribution is 2.22. The zero-order valence-electron chi connectivity index (χ0n) is 9.41. The molecule has 5 N–H and O–H groups in total. The van der Waals surface area contributed by atoms with Crippen LogP contribution in [-0.4, -0.2) is 64.2 Å². The van der Waals surface area contributed by atoms with Crippen LogP contribution in [-0.2, 0) is 4.74 Å². The molecule has 0 saturated carbocycles.